The minimum atomic E-state index is -1.20. The molecule has 0 spiro atoms. The molecular weight excluding hydrogens is 1210 g/mol. The van der Waals surface area contributed by atoms with E-state index in [4.69, 9.17) is 44.0 Å². The zero-order valence-corrected chi connectivity index (χ0v) is 58.0. The minimum absolute atomic E-state index is 0.00160. The van der Waals surface area contributed by atoms with Crippen LogP contribution >= 0.6 is 0 Å². The molecule has 1 saturated heterocycles. The molecule has 0 radical (unpaired) electrons. The number of aliphatic hydroxyl groups is 1. The number of nitrogens with two attached hydrogens (primary N) is 1. The number of hydrogen-bond donors (Lipinski definition) is 9. The number of carboxylic acids is 1. The predicted octanol–water partition coefficient (Wildman–Crippen LogP) is 2.83. The Labute approximate surface area is 551 Å². The standard InChI is InChI=1S/C65H114N10O18/c1-16-43(8)57(74(13)64(85)55(41(4)5)72-63(84)56(42(6)7)73(11)12)50(87-14)39-52(77)75-28-18-20-49(75)59(88-15)44(9)60(81)68-45(10)58(80)46-21-23-47(24-22-46)69-61(82)48(19-17-27-67-65(66)86)70-62(83)54(40(2)3)71-51(76)25-29-89-31-33-91-35-37-93-38-36-92-34-32-90-30-26-53(78)79/h21-24,40-45,48-50,54-59,80H,16-20,25-39H2,1-15H3,(H,68,81)(H,69,82)(H,70,83)(H,71,76)(H,72,84)(H,78,79)(H3,66,67,86)/t43-,44+,45+,48-,49-,50+,54-,55+,56-,57?,58+,59+/m0/s1. The maximum atomic E-state index is 14.5. The van der Waals surface area contributed by atoms with Crippen LogP contribution in [0.4, 0.5) is 10.5 Å². The van der Waals surface area contributed by atoms with Crippen LogP contribution in [0.2, 0.25) is 0 Å². The lowest BCUT2D eigenvalue weighted by molar-refractivity contribution is -0.148. The number of methoxy groups -OCH3 is 2. The second kappa shape index (κ2) is 44.5. The second-order valence-corrected chi connectivity index (χ2v) is 25.1. The number of nitrogens with one attached hydrogen (secondary N) is 6. The van der Waals surface area contributed by atoms with Gasteiger partial charge in [-0.25, -0.2) is 4.79 Å². The number of anilines is 1. The molecule has 28 nitrogen and oxygen atoms in total. The van der Waals surface area contributed by atoms with Gasteiger partial charge in [0.05, 0.1) is 127 Å². The molecule has 10 N–H and O–H groups in total. The zero-order valence-electron chi connectivity index (χ0n) is 58.0. The van der Waals surface area contributed by atoms with Crippen molar-refractivity contribution in [3.05, 3.63) is 29.8 Å². The summed E-state index contributed by atoms with van der Waals surface area (Å²) in [5.74, 6) is -5.21. The fraction of sp³-hybridized carbons (Fsp3) is 0.769. The van der Waals surface area contributed by atoms with Gasteiger partial charge in [-0.1, -0.05) is 80.9 Å². The topological polar surface area (TPSA) is 367 Å². The first-order valence-corrected chi connectivity index (χ1v) is 32.7. The fourth-order valence-corrected chi connectivity index (χ4v) is 11.3. The van der Waals surface area contributed by atoms with Gasteiger partial charge in [-0.3, -0.25) is 43.3 Å². The van der Waals surface area contributed by atoms with Gasteiger partial charge < -0.3 is 90.8 Å². The SMILES string of the molecule is CC[C@H](C)C([C@@H](CC(=O)N1CCC[C@H]1[C@H](OC)[C@@H](C)C(=O)N[C@H](C)[C@@H](O)c1ccc(NC(=O)[C@H](CCCNC(N)=O)NC(=O)[C@@H](NC(=O)CCOCCOCCOCCOCCOCCC(=O)O)C(C)C)cc1)OC)N(C)C(=O)[C@H](NC(=O)[C@H](C(C)C)N(C)C)C(C)C. The highest BCUT2D eigenvalue weighted by atomic mass is 16.6. The maximum absolute atomic E-state index is 14.5. The van der Waals surface area contributed by atoms with Crippen molar-refractivity contribution in [2.75, 3.05) is 120 Å². The van der Waals surface area contributed by atoms with Crippen LogP contribution in [-0.2, 0) is 71.5 Å². The minimum Gasteiger partial charge on any atom is -0.481 e. The van der Waals surface area contributed by atoms with E-state index in [0.29, 0.717) is 76.7 Å². The molecule has 0 bridgehead atoms. The van der Waals surface area contributed by atoms with Crippen molar-refractivity contribution in [2.24, 2.45) is 35.3 Å². The second-order valence-electron chi connectivity index (χ2n) is 25.1. The van der Waals surface area contributed by atoms with E-state index in [2.05, 4.69) is 31.9 Å². The molecule has 1 heterocycles. The first-order valence-electron chi connectivity index (χ1n) is 32.7. The summed E-state index contributed by atoms with van der Waals surface area (Å²) in [5.41, 5.74) is 6.00. The normalized spacial score (nSPS) is 16.9. The van der Waals surface area contributed by atoms with Gasteiger partial charge in [0.15, 0.2) is 0 Å². The molecule has 12 atom stereocenters. The van der Waals surface area contributed by atoms with E-state index >= 15 is 0 Å². The van der Waals surface area contributed by atoms with Crippen LogP contribution < -0.4 is 37.6 Å². The van der Waals surface area contributed by atoms with Gasteiger partial charge >= 0.3 is 12.0 Å². The first-order chi connectivity index (χ1) is 44.0. The maximum Gasteiger partial charge on any atom is 0.312 e. The number of carbonyl (C=O) groups is 9. The van der Waals surface area contributed by atoms with E-state index in [1.807, 2.05) is 60.5 Å². The molecule has 0 aromatic heterocycles. The van der Waals surface area contributed by atoms with Crippen LogP contribution in [0.5, 0.6) is 0 Å². The van der Waals surface area contributed by atoms with Crippen molar-refractivity contribution in [3.8, 4) is 0 Å². The Morgan fingerprint density at radius 1 is 0.667 bits per heavy atom. The van der Waals surface area contributed by atoms with E-state index in [-0.39, 0.29) is 106 Å². The quantitative estimate of drug-likeness (QED) is 0.0424. The summed E-state index contributed by atoms with van der Waals surface area (Å²) in [6.45, 7) is 21.7. The summed E-state index contributed by atoms with van der Waals surface area (Å²) in [7, 11) is 8.39. The molecule has 9 amide bonds. The highest BCUT2D eigenvalue weighted by Gasteiger charge is 2.44. The number of likely N-dealkylation sites (tertiary alicyclic amines) is 1. The van der Waals surface area contributed by atoms with Gasteiger partial charge in [0, 0.05) is 46.5 Å². The van der Waals surface area contributed by atoms with Crippen LogP contribution in [0.25, 0.3) is 0 Å². The third-order valence-electron chi connectivity index (χ3n) is 16.6. The third-order valence-corrected chi connectivity index (χ3v) is 16.6. The van der Waals surface area contributed by atoms with E-state index < -0.39 is 102 Å². The average molecular weight is 1320 g/mol. The summed E-state index contributed by atoms with van der Waals surface area (Å²) in [4.78, 5) is 124. The average Bonchev–Trinajstić information content (AvgIpc) is 1.83. The van der Waals surface area contributed by atoms with Crippen molar-refractivity contribution in [2.45, 2.75) is 181 Å². The lowest BCUT2D eigenvalue weighted by Gasteiger charge is -2.41. The number of urea groups is 1. The lowest BCUT2D eigenvalue weighted by Crippen LogP contribution is -2.59. The molecule has 1 aromatic carbocycles. The largest absolute Gasteiger partial charge is 0.481 e. The Hall–Kier alpha value is -6.11. The monoisotopic (exact) mass is 1320 g/mol. The van der Waals surface area contributed by atoms with Gasteiger partial charge in [-0.2, -0.15) is 0 Å². The van der Waals surface area contributed by atoms with Gasteiger partial charge in [0.1, 0.15) is 18.1 Å². The van der Waals surface area contributed by atoms with E-state index in [9.17, 15) is 48.3 Å². The highest BCUT2D eigenvalue weighted by molar-refractivity contribution is 5.98. The third kappa shape index (κ3) is 29.6. The number of aliphatic carboxylic acids is 1. The summed E-state index contributed by atoms with van der Waals surface area (Å²) in [6.07, 6.45) is -0.552. The Balaban J connectivity index is 2.05. The first kappa shape index (κ1) is 83.0. The molecule has 0 aliphatic carbocycles. The fourth-order valence-electron chi connectivity index (χ4n) is 11.3. The number of benzene rings is 1. The molecule has 1 unspecified atom stereocenters. The summed E-state index contributed by atoms with van der Waals surface area (Å²) >= 11 is 0. The van der Waals surface area contributed by atoms with Gasteiger partial charge in [0.25, 0.3) is 0 Å². The van der Waals surface area contributed by atoms with Crippen molar-refractivity contribution in [1.29, 1.82) is 0 Å². The highest BCUT2D eigenvalue weighted by Crippen LogP contribution is 2.30. The number of likely N-dealkylation sites (N-methyl/N-ethyl adjacent to an activating group) is 2. The van der Waals surface area contributed by atoms with Crippen LogP contribution in [0.1, 0.15) is 132 Å². The Morgan fingerprint density at radius 3 is 1.70 bits per heavy atom. The molecule has 0 saturated carbocycles. The van der Waals surface area contributed by atoms with E-state index in [1.54, 1.807) is 68.8 Å². The molecule has 28 heteroatoms. The number of ether oxygens (including phenoxy) is 7. The van der Waals surface area contributed by atoms with Gasteiger partial charge in [0.2, 0.25) is 41.4 Å². The molecule has 2 rings (SSSR count). The molecular formula is C65H114N10O18. The smallest absolute Gasteiger partial charge is 0.312 e. The number of hydrogen-bond acceptors (Lipinski definition) is 18. The molecule has 93 heavy (non-hydrogen) atoms. The Bertz CT molecular complexity index is 2410. The Kier molecular flexibility index (Phi) is 39.7. The number of carbonyl (C=O) groups excluding carboxylic acids is 8. The number of nitrogens with zero attached hydrogens (tertiary/aromatic N) is 3. The van der Waals surface area contributed by atoms with Crippen LogP contribution in [-0.4, -0.2) is 247 Å². The van der Waals surface area contributed by atoms with Crippen LogP contribution in [0.3, 0.4) is 0 Å². The summed E-state index contributed by atoms with van der Waals surface area (Å²) < 4.78 is 39.0. The number of rotatable bonds is 48. The number of carboxylic acid groups (broad SMARTS) is 1. The molecule has 1 aliphatic heterocycles. The summed E-state index contributed by atoms with van der Waals surface area (Å²) in [5, 5.41) is 36.9. The summed E-state index contributed by atoms with van der Waals surface area (Å²) in [6, 6.07) is 0.337. The van der Waals surface area contributed by atoms with Gasteiger partial charge in [-0.15, -0.1) is 0 Å². The predicted molar refractivity (Wildman–Crippen MR) is 349 cm³/mol. The molecule has 1 aliphatic rings. The molecule has 1 fully saturated rings. The van der Waals surface area contributed by atoms with Crippen molar-refractivity contribution in [1.82, 2.24) is 41.3 Å². The van der Waals surface area contributed by atoms with Crippen LogP contribution in [0.15, 0.2) is 24.3 Å². The van der Waals surface area contributed by atoms with Gasteiger partial charge in [-0.05, 0) is 88.1 Å². The van der Waals surface area contributed by atoms with Crippen molar-refractivity contribution >= 4 is 59.0 Å². The molecule has 532 valence electrons. The van der Waals surface area contributed by atoms with Crippen molar-refractivity contribution in [3.63, 3.8) is 0 Å². The van der Waals surface area contributed by atoms with Crippen molar-refractivity contribution < 1.29 is 86.5 Å². The Morgan fingerprint density at radius 2 is 1.22 bits per heavy atom. The number of aliphatic hydroxyl groups excluding tert-OH is 1. The van der Waals surface area contributed by atoms with E-state index in [0.717, 1.165) is 0 Å². The molecule has 1 aromatic rings. The number of primary amides is 1. The lowest BCUT2D eigenvalue weighted by atomic mass is 9.89. The number of amides is 9. The van der Waals surface area contributed by atoms with Crippen LogP contribution in [0, 0.1) is 29.6 Å². The van der Waals surface area contributed by atoms with E-state index in [1.165, 1.54) is 14.2 Å². The zero-order chi connectivity index (χ0) is 69.9.